The van der Waals surface area contributed by atoms with Crippen LogP contribution in [-0.4, -0.2) is 56.0 Å². The fourth-order valence-corrected chi connectivity index (χ4v) is 12.1. The lowest BCUT2D eigenvalue weighted by Crippen LogP contribution is -2.23. The van der Waals surface area contributed by atoms with Crippen molar-refractivity contribution in [2.75, 3.05) is 23.1 Å². The van der Waals surface area contributed by atoms with Gasteiger partial charge in [0.1, 0.15) is 0 Å². The molecule has 3 aromatic carbocycles. The number of amides is 2. The van der Waals surface area contributed by atoms with Crippen molar-refractivity contribution < 1.29 is 35.5 Å². The van der Waals surface area contributed by atoms with E-state index in [0.717, 1.165) is 91.7 Å². The molecular weight excluding hydrogens is 1200 g/mol. The normalized spacial score (nSPS) is 12.2. The first-order chi connectivity index (χ1) is 44.9. The highest BCUT2D eigenvalue weighted by molar-refractivity contribution is 7.85. The van der Waals surface area contributed by atoms with Gasteiger partial charge in [0.05, 0.1) is 31.6 Å². The Kier molecular flexibility index (Phi) is 50.3. The predicted molar refractivity (Wildman–Crippen MR) is 397 cm³/mol. The van der Waals surface area contributed by atoms with E-state index >= 15 is 0 Å². The first-order valence-corrected chi connectivity index (χ1v) is 40.9. The standard InChI is InChI=1S/C78H123N3O2.2CH4O3S/c1-5-9-13-17-21-25-29-33-37-41-45-71(46-42-38-34-30-26-22-18-14-10-6-2)77(82)80-75-61-53-69(54-62-75)65-67-49-57-73(58-50-67)79-74-59-51-68(52-60-74)66-70-55-63-76(64-56-70)81-78(83)72(47-43-39-35-31-27-23-19-15-11-7-3)48-44-40-36-32-28-24-20-16-12-8-4;2*1-5(2,3)4/h49-65,71-72H,5-48,66H2,1-4H3,(H,80,82)(H,81,83);2*1H3,(H,2,3,4)/p-2. The van der Waals surface area contributed by atoms with Crippen molar-refractivity contribution in [2.24, 2.45) is 16.8 Å². The topological polar surface area (TPSA) is 185 Å². The zero-order valence-corrected chi connectivity index (χ0v) is 61.0. The van der Waals surface area contributed by atoms with Crippen LogP contribution in [0.4, 0.5) is 17.1 Å². The summed E-state index contributed by atoms with van der Waals surface area (Å²) in [6.45, 7) is 9.15. The van der Waals surface area contributed by atoms with E-state index in [0.29, 0.717) is 12.5 Å². The molecule has 0 spiro atoms. The molecular formula is C80H129N3O8S2-2. The number of hydrogen-bond donors (Lipinski definition) is 2. The number of aliphatic imine (C=N–C) groups is 1. The molecule has 0 atom stereocenters. The molecule has 0 aliphatic heterocycles. The van der Waals surface area contributed by atoms with Gasteiger partial charge in [-0.1, -0.05) is 333 Å². The number of hydrogen-bond acceptors (Lipinski definition) is 9. The van der Waals surface area contributed by atoms with E-state index in [1.165, 1.54) is 242 Å². The second-order valence-corrected chi connectivity index (χ2v) is 29.5. The van der Waals surface area contributed by atoms with Crippen molar-refractivity contribution in [1.82, 2.24) is 0 Å². The van der Waals surface area contributed by atoms with Gasteiger partial charge in [-0.25, -0.2) is 21.8 Å². The van der Waals surface area contributed by atoms with Gasteiger partial charge in [0.2, 0.25) is 11.8 Å². The molecule has 0 heterocycles. The molecule has 2 N–H and O–H groups in total. The van der Waals surface area contributed by atoms with Gasteiger partial charge in [0.15, 0.2) is 0 Å². The first-order valence-electron chi connectivity index (χ1n) is 37.3. The summed E-state index contributed by atoms with van der Waals surface area (Å²) in [6, 6.07) is 25.4. The second-order valence-electron chi connectivity index (χ2n) is 26.7. The van der Waals surface area contributed by atoms with Crippen molar-refractivity contribution >= 4 is 60.9 Å². The number of anilines is 2. The maximum atomic E-state index is 13.8. The Labute approximate surface area is 569 Å². The molecule has 0 aromatic heterocycles. The van der Waals surface area contributed by atoms with Crippen molar-refractivity contribution in [1.29, 1.82) is 0 Å². The SMILES string of the molecule is CCCCCCCCCCCCC(CCCCCCCCCCCC)C(=O)Nc1ccc(C=C2C=CC(=Nc3ccc(Cc4ccc(NC(=O)C(CCCCCCCCCCCC)CCCCCCCCCCCC)cc4)cc3)C=C2)cc1.CS(=O)(=O)[O-].CS(=O)(=O)[O-]. The summed E-state index contributed by atoms with van der Waals surface area (Å²) in [5.74, 6) is 0.580. The quantitative estimate of drug-likeness (QED) is 0.0413. The van der Waals surface area contributed by atoms with Gasteiger partial charge in [0.25, 0.3) is 0 Å². The minimum Gasteiger partial charge on any atom is -0.748 e. The van der Waals surface area contributed by atoms with E-state index in [1.807, 2.05) is 0 Å². The first kappa shape index (κ1) is 84.4. The summed E-state index contributed by atoms with van der Waals surface area (Å²) >= 11 is 0. The highest BCUT2D eigenvalue weighted by Gasteiger charge is 2.20. The van der Waals surface area contributed by atoms with Crippen molar-refractivity contribution in [2.45, 2.75) is 317 Å². The molecule has 0 fully saturated rings. The summed E-state index contributed by atoms with van der Waals surface area (Å²) in [5, 5.41) is 6.63. The van der Waals surface area contributed by atoms with Crippen LogP contribution in [0.3, 0.4) is 0 Å². The van der Waals surface area contributed by atoms with Crippen LogP contribution >= 0.6 is 0 Å². The van der Waals surface area contributed by atoms with E-state index in [2.05, 4.69) is 142 Å². The number of nitrogens with zero attached hydrogens (tertiary/aromatic N) is 1. The van der Waals surface area contributed by atoms with Crippen LogP contribution < -0.4 is 10.6 Å². The molecule has 3 aromatic rings. The van der Waals surface area contributed by atoms with Gasteiger partial charge < -0.3 is 19.7 Å². The maximum absolute atomic E-state index is 13.8. The van der Waals surface area contributed by atoms with Crippen LogP contribution in [-0.2, 0) is 36.2 Å². The summed E-state index contributed by atoms with van der Waals surface area (Å²) in [6.07, 6.45) is 69.5. The third kappa shape index (κ3) is 51.3. The van der Waals surface area contributed by atoms with Crippen LogP contribution in [0.25, 0.3) is 6.08 Å². The molecule has 1 aliphatic carbocycles. The van der Waals surface area contributed by atoms with E-state index in [1.54, 1.807) is 0 Å². The Bertz CT molecular complexity index is 2590. The molecule has 4 rings (SSSR count). The molecule has 93 heavy (non-hydrogen) atoms. The summed E-state index contributed by atoms with van der Waals surface area (Å²) in [5.41, 5.74) is 8.32. The van der Waals surface area contributed by atoms with E-state index in [4.69, 9.17) is 30.9 Å². The zero-order chi connectivity index (χ0) is 67.9. The molecule has 2 amide bonds. The molecule has 526 valence electrons. The summed E-state index contributed by atoms with van der Waals surface area (Å²) in [4.78, 5) is 32.5. The van der Waals surface area contributed by atoms with E-state index in [9.17, 15) is 9.59 Å². The van der Waals surface area contributed by atoms with Crippen molar-refractivity contribution in [3.63, 3.8) is 0 Å². The number of allylic oxidation sites excluding steroid dienone is 5. The highest BCUT2D eigenvalue weighted by Crippen LogP contribution is 2.27. The number of rotatable bonds is 52. The van der Waals surface area contributed by atoms with Crippen LogP contribution in [0.1, 0.15) is 327 Å². The Hall–Kier alpha value is -4.69. The third-order valence-electron chi connectivity index (χ3n) is 17.6. The van der Waals surface area contributed by atoms with Crippen LogP contribution in [0.2, 0.25) is 0 Å². The average molecular weight is 1330 g/mol. The smallest absolute Gasteiger partial charge is 0.227 e. The number of carbonyl (C=O) groups is 2. The molecule has 0 radical (unpaired) electrons. The maximum Gasteiger partial charge on any atom is 0.227 e. The van der Waals surface area contributed by atoms with Crippen LogP contribution in [0.15, 0.2) is 108 Å². The van der Waals surface area contributed by atoms with E-state index in [-0.39, 0.29) is 23.7 Å². The van der Waals surface area contributed by atoms with Crippen molar-refractivity contribution in [3.05, 3.63) is 119 Å². The molecule has 1 aliphatic rings. The predicted octanol–water partition coefficient (Wildman–Crippen LogP) is 23.2. The summed E-state index contributed by atoms with van der Waals surface area (Å²) in [7, 11) is -7.83. The Balaban J connectivity index is 0.00000272. The Morgan fingerprint density at radius 3 is 0.903 bits per heavy atom. The fourth-order valence-electron chi connectivity index (χ4n) is 12.1. The molecule has 13 heteroatoms. The Morgan fingerprint density at radius 1 is 0.376 bits per heavy atom. The molecule has 0 bridgehead atoms. The molecule has 0 saturated carbocycles. The average Bonchev–Trinajstić information content (AvgIpc) is 1.46. The van der Waals surface area contributed by atoms with E-state index < -0.39 is 20.2 Å². The minimum absolute atomic E-state index is 0.0862. The van der Waals surface area contributed by atoms with Gasteiger partial charge in [0, 0.05) is 35.7 Å². The van der Waals surface area contributed by atoms with Gasteiger partial charge in [-0.3, -0.25) is 9.59 Å². The second kappa shape index (κ2) is 55.4. The number of unbranched alkanes of at least 4 members (excludes halogenated alkanes) is 36. The highest BCUT2D eigenvalue weighted by atomic mass is 32.2. The number of benzene rings is 3. The molecule has 0 unspecified atom stereocenters. The minimum atomic E-state index is -3.92. The lowest BCUT2D eigenvalue weighted by Gasteiger charge is -2.17. The van der Waals surface area contributed by atoms with Crippen LogP contribution in [0, 0.1) is 11.8 Å². The fraction of sp³-hybridized carbons (Fsp3) is 0.662. The van der Waals surface area contributed by atoms with Gasteiger partial charge >= 0.3 is 0 Å². The lowest BCUT2D eigenvalue weighted by atomic mass is 9.93. The number of carbonyl (C=O) groups excluding carboxylic acids is 2. The van der Waals surface area contributed by atoms with Gasteiger partial charge in [-0.15, -0.1) is 0 Å². The Morgan fingerprint density at radius 2 is 0.624 bits per heavy atom. The monoisotopic (exact) mass is 1320 g/mol. The molecule has 0 saturated heterocycles. The van der Waals surface area contributed by atoms with Gasteiger partial charge in [-0.05, 0) is 109 Å². The zero-order valence-electron chi connectivity index (χ0n) is 59.3. The molecule has 11 nitrogen and oxygen atoms in total. The van der Waals surface area contributed by atoms with Gasteiger partial charge in [-0.2, -0.15) is 0 Å². The van der Waals surface area contributed by atoms with Crippen LogP contribution in [0.5, 0.6) is 0 Å². The largest absolute Gasteiger partial charge is 0.748 e. The number of nitrogens with one attached hydrogen (secondary N) is 2. The summed E-state index contributed by atoms with van der Waals surface area (Å²) < 4.78 is 54.5. The lowest BCUT2D eigenvalue weighted by molar-refractivity contribution is -0.121. The van der Waals surface area contributed by atoms with Crippen molar-refractivity contribution in [3.8, 4) is 0 Å². The third-order valence-corrected chi connectivity index (χ3v) is 17.6.